The minimum absolute atomic E-state index is 0.149. The number of nitrogens with one attached hydrogen (secondary N) is 1. The summed E-state index contributed by atoms with van der Waals surface area (Å²) in [4.78, 5) is 21.1. The van der Waals surface area contributed by atoms with Gasteiger partial charge in [0.2, 0.25) is 5.91 Å². The summed E-state index contributed by atoms with van der Waals surface area (Å²) in [6.45, 7) is -0.239. The van der Waals surface area contributed by atoms with Crippen molar-refractivity contribution in [3.05, 3.63) is 12.4 Å². The van der Waals surface area contributed by atoms with Crippen molar-refractivity contribution in [2.75, 3.05) is 11.2 Å². The monoisotopic (exact) mass is 217 g/mol. The molecule has 0 bridgehead atoms. The van der Waals surface area contributed by atoms with Crippen LogP contribution in [0.4, 0.5) is 5.69 Å². The lowest BCUT2D eigenvalue weighted by atomic mass is 10.5. The third-order valence-electron chi connectivity index (χ3n) is 1.34. The minimum atomic E-state index is -0.997. The molecule has 1 aromatic heterocycles. The first kappa shape index (κ1) is 10.5. The van der Waals surface area contributed by atoms with Crippen LogP contribution in [-0.2, 0) is 16.1 Å². The molecule has 76 valence electrons. The molecule has 0 unspecified atom stereocenters. The van der Waals surface area contributed by atoms with Crippen molar-refractivity contribution in [3.63, 3.8) is 0 Å². The molecule has 6 nitrogen and oxygen atoms in total. The van der Waals surface area contributed by atoms with E-state index in [9.17, 15) is 9.59 Å². The second-order valence-corrected chi connectivity index (χ2v) is 2.77. The Morgan fingerprint density at radius 3 is 2.93 bits per heavy atom. The molecule has 14 heavy (non-hydrogen) atoms. The average molecular weight is 218 g/mol. The largest absolute Gasteiger partial charge is 0.480 e. The zero-order valence-corrected chi connectivity index (χ0v) is 7.86. The van der Waals surface area contributed by atoms with Gasteiger partial charge in [-0.25, -0.2) is 0 Å². The Morgan fingerprint density at radius 2 is 2.36 bits per heavy atom. The first-order chi connectivity index (χ1) is 6.61. The number of anilines is 1. The highest BCUT2D eigenvalue weighted by molar-refractivity contribution is 6.29. The van der Waals surface area contributed by atoms with Crippen LogP contribution in [0.3, 0.4) is 0 Å². The van der Waals surface area contributed by atoms with Gasteiger partial charge >= 0.3 is 5.97 Å². The molecule has 7 heteroatoms. The van der Waals surface area contributed by atoms with Crippen LogP contribution in [0.5, 0.6) is 0 Å². The number of nitrogens with zero attached hydrogens (tertiary/aromatic N) is 2. The van der Waals surface area contributed by atoms with Crippen LogP contribution < -0.4 is 5.32 Å². The molecular weight excluding hydrogens is 210 g/mol. The molecule has 0 aliphatic rings. The van der Waals surface area contributed by atoms with Gasteiger partial charge in [0.1, 0.15) is 12.4 Å². The fourth-order valence-electron chi connectivity index (χ4n) is 0.848. The van der Waals surface area contributed by atoms with E-state index in [1.165, 1.54) is 17.1 Å². The van der Waals surface area contributed by atoms with E-state index in [-0.39, 0.29) is 18.3 Å². The second kappa shape index (κ2) is 4.61. The van der Waals surface area contributed by atoms with Crippen molar-refractivity contribution < 1.29 is 14.7 Å². The Balaban J connectivity index is 2.59. The summed E-state index contributed by atoms with van der Waals surface area (Å²) in [5.74, 6) is -1.51. The summed E-state index contributed by atoms with van der Waals surface area (Å²) in [5, 5.41) is 14.6. The zero-order valence-electron chi connectivity index (χ0n) is 7.11. The number of rotatable bonds is 4. The van der Waals surface area contributed by atoms with Gasteiger partial charge in [0.05, 0.1) is 11.9 Å². The van der Waals surface area contributed by atoms with Crippen LogP contribution in [0.25, 0.3) is 0 Å². The summed E-state index contributed by atoms with van der Waals surface area (Å²) in [5.41, 5.74) is 0.428. The van der Waals surface area contributed by atoms with Gasteiger partial charge in [-0.1, -0.05) is 0 Å². The smallest absolute Gasteiger partial charge is 0.325 e. The summed E-state index contributed by atoms with van der Waals surface area (Å²) < 4.78 is 1.20. The minimum Gasteiger partial charge on any atom is -0.480 e. The van der Waals surface area contributed by atoms with Gasteiger partial charge in [-0.3, -0.25) is 14.3 Å². The number of carbonyl (C=O) groups excluding carboxylic acids is 1. The molecular formula is C7H8ClN3O3. The van der Waals surface area contributed by atoms with Crippen LogP contribution in [-0.4, -0.2) is 32.6 Å². The highest BCUT2D eigenvalue weighted by atomic mass is 35.5. The highest BCUT2D eigenvalue weighted by Gasteiger charge is 2.04. The lowest BCUT2D eigenvalue weighted by molar-refractivity contribution is -0.137. The predicted octanol–water partition coefficient (Wildman–Crippen LogP) is 0.145. The van der Waals surface area contributed by atoms with Crippen LogP contribution >= 0.6 is 11.6 Å². The number of hydrogen-bond donors (Lipinski definition) is 2. The van der Waals surface area contributed by atoms with Gasteiger partial charge in [-0.2, -0.15) is 5.10 Å². The maximum absolute atomic E-state index is 10.8. The molecule has 0 radical (unpaired) electrons. The summed E-state index contributed by atoms with van der Waals surface area (Å²) in [6.07, 6.45) is 2.77. The van der Waals surface area contributed by atoms with E-state index in [1.807, 2.05) is 0 Å². The molecule has 0 aliphatic heterocycles. The first-order valence-electron chi connectivity index (χ1n) is 3.72. The molecule has 0 fully saturated rings. The molecule has 0 spiro atoms. The van der Waals surface area contributed by atoms with Crippen LogP contribution in [0.15, 0.2) is 12.4 Å². The number of carbonyl (C=O) groups is 2. The maximum Gasteiger partial charge on any atom is 0.325 e. The Hall–Kier alpha value is -1.56. The molecule has 0 saturated heterocycles. The van der Waals surface area contributed by atoms with Gasteiger partial charge in [0, 0.05) is 6.20 Å². The number of amides is 1. The standard InChI is InChI=1S/C7H8ClN3O3/c8-1-6(12)10-5-2-9-11(3-5)4-7(13)14/h2-3H,1,4H2,(H,10,12)(H,13,14). The Labute approximate surface area is 84.5 Å². The highest BCUT2D eigenvalue weighted by Crippen LogP contribution is 2.04. The summed E-state index contributed by atoms with van der Waals surface area (Å²) in [7, 11) is 0. The number of alkyl halides is 1. The fraction of sp³-hybridized carbons (Fsp3) is 0.286. The molecule has 1 amide bonds. The topological polar surface area (TPSA) is 84.2 Å². The third-order valence-corrected chi connectivity index (χ3v) is 1.58. The van der Waals surface area contributed by atoms with Crippen molar-refractivity contribution in [2.24, 2.45) is 0 Å². The van der Waals surface area contributed by atoms with E-state index in [4.69, 9.17) is 16.7 Å². The Kier molecular flexibility index (Phi) is 3.47. The molecule has 1 heterocycles. The molecule has 1 aromatic rings. The summed E-state index contributed by atoms with van der Waals surface area (Å²) in [6, 6.07) is 0. The van der Waals surface area contributed by atoms with Gasteiger partial charge in [0.25, 0.3) is 0 Å². The molecule has 1 rings (SSSR count). The van der Waals surface area contributed by atoms with Gasteiger partial charge in [0.15, 0.2) is 0 Å². The number of aromatic nitrogens is 2. The molecule has 0 saturated carbocycles. The van der Waals surface area contributed by atoms with Crippen molar-refractivity contribution in [1.82, 2.24) is 9.78 Å². The molecule has 0 atom stereocenters. The number of aliphatic carboxylic acids is 1. The fourth-order valence-corrected chi connectivity index (χ4v) is 0.914. The van der Waals surface area contributed by atoms with Crippen molar-refractivity contribution in [3.8, 4) is 0 Å². The van der Waals surface area contributed by atoms with Crippen molar-refractivity contribution in [1.29, 1.82) is 0 Å². The quantitative estimate of drug-likeness (QED) is 0.703. The Morgan fingerprint density at radius 1 is 1.64 bits per heavy atom. The SMILES string of the molecule is O=C(O)Cn1cc(NC(=O)CCl)cn1. The lowest BCUT2D eigenvalue weighted by Gasteiger charge is -1.96. The number of carboxylic acid groups (broad SMARTS) is 1. The lowest BCUT2D eigenvalue weighted by Crippen LogP contribution is -2.12. The van der Waals surface area contributed by atoms with Crippen LogP contribution in [0.2, 0.25) is 0 Å². The molecule has 2 N–H and O–H groups in total. The van der Waals surface area contributed by atoms with Crippen molar-refractivity contribution in [2.45, 2.75) is 6.54 Å². The van der Waals surface area contributed by atoms with E-state index in [2.05, 4.69) is 10.4 Å². The Bertz CT molecular complexity index is 350. The van der Waals surface area contributed by atoms with E-state index in [1.54, 1.807) is 0 Å². The number of hydrogen-bond acceptors (Lipinski definition) is 3. The molecule has 0 aromatic carbocycles. The normalized spacial score (nSPS) is 9.79. The number of halogens is 1. The van der Waals surface area contributed by atoms with Crippen LogP contribution in [0.1, 0.15) is 0 Å². The van der Waals surface area contributed by atoms with E-state index < -0.39 is 5.97 Å². The van der Waals surface area contributed by atoms with E-state index in [0.29, 0.717) is 5.69 Å². The first-order valence-corrected chi connectivity index (χ1v) is 4.25. The van der Waals surface area contributed by atoms with Gasteiger partial charge < -0.3 is 10.4 Å². The maximum atomic E-state index is 10.8. The van der Waals surface area contributed by atoms with Crippen molar-refractivity contribution >= 4 is 29.2 Å². The van der Waals surface area contributed by atoms with Gasteiger partial charge in [-0.15, -0.1) is 11.6 Å². The van der Waals surface area contributed by atoms with E-state index >= 15 is 0 Å². The van der Waals surface area contributed by atoms with Crippen LogP contribution in [0, 0.1) is 0 Å². The summed E-state index contributed by atoms with van der Waals surface area (Å²) >= 11 is 5.26. The van der Waals surface area contributed by atoms with E-state index in [0.717, 1.165) is 0 Å². The zero-order chi connectivity index (χ0) is 10.6. The second-order valence-electron chi connectivity index (χ2n) is 2.50. The predicted molar refractivity (Wildman–Crippen MR) is 49.2 cm³/mol. The third kappa shape index (κ3) is 3.06. The van der Waals surface area contributed by atoms with Gasteiger partial charge in [-0.05, 0) is 0 Å². The average Bonchev–Trinajstić information content (AvgIpc) is 2.51. The molecule has 0 aliphatic carbocycles. The number of carboxylic acids is 1.